The van der Waals surface area contributed by atoms with Crippen molar-refractivity contribution < 1.29 is 41.0 Å². The Bertz CT molecular complexity index is 475. The van der Waals surface area contributed by atoms with E-state index in [0.717, 1.165) is 12.8 Å². The number of aliphatic hydroxyl groups is 1. The molecular formula is C16H20N2O2U. The minimum Gasteiger partial charge on any atom is -0.428 e. The number of dihydropyridines is 1. The van der Waals surface area contributed by atoms with Crippen molar-refractivity contribution in [2.24, 2.45) is 16.8 Å². The Morgan fingerprint density at radius 1 is 1.57 bits per heavy atom. The van der Waals surface area contributed by atoms with Crippen LogP contribution in [-0.4, -0.2) is 30.0 Å². The Labute approximate surface area is 149 Å². The minimum absolute atomic E-state index is 0. The summed E-state index contributed by atoms with van der Waals surface area (Å²) in [5, 5.41) is 10.7. The van der Waals surface area contributed by atoms with Crippen molar-refractivity contribution in [3.63, 3.8) is 0 Å². The third-order valence-electron chi connectivity index (χ3n) is 3.24. The van der Waals surface area contributed by atoms with Crippen LogP contribution in [0.3, 0.4) is 0 Å². The molecule has 3 aliphatic rings. The number of hydrogen-bond acceptors (Lipinski definition) is 3. The van der Waals surface area contributed by atoms with Crippen LogP contribution in [0.4, 0.5) is 0 Å². The molecule has 0 aromatic rings. The summed E-state index contributed by atoms with van der Waals surface area (Å²) >= 11 is 0. The molecule has 3 rings (SSSR count). The monoisotopic (exact) mass is 510 g/mol. The molecule has 1 amide bonds. The van der Waals surface area contributed by atoms with Crippen LogP contribution >= 0.6 is 0 Å². The Hall–Kier alpha value is -0.628. The van der Waals surface area contributed by atoms with Crippen molar-refractivity contribution in [1.29, 1.82) is 0 Å². The molecule has 1 heterocycles. The van der Waals surface area contributed by atoms with Gasteiger partial charge in [0.25, 0.3) is 0 Å². The van der Waals surface area contributed by atoms with Crippen LogP contribution in [0, 0.1) is 55.4 Å². The Kier molecular flexibility index (Phi) is 8.25. The van der Waals surface area contributed by atoms with Crippen LogP contribution in [-0.2, 0) is 4.79 Å². The zero-order chi connectivity index (χ0) is 14.4. The molecule has 0 bridgehead atoms. The minimum atomic E-state index is 0. The zero-order valence-electron chi connectivity index (χ0n) is 12.2. The molecule has 2 aliphatic carbocycles. The number of fused-ring (bicyclic) bond motifs is 1. The second-order valence-electron chi connectivity index (χ2n) is 5.00. The topological polar surface area (TPSA) is 61.7 Å². The molecule has 1 fully saturated rings. The first kappa shape index (κ1) is 18.4. The van der Waals surface area contributed by atoms with E-state index in [2.05, 4.69) is 16.4 Å². The summed E-state index contributed by atoms with van der Waals surface area (Å²) in [7, 11) is 0. The third-order valence-corrected chi connectivity index (χ3v) is 3.24. The number of amidine groups is 1. The van der Waals surface area contributed by atoms with E-state index in [4.69, 9.17) is 5.11 Å². The van der Waals surface area contributed by atoms with Gasteiger partial charge in [-0.15, -0.1) is 5.57 Å². The molecule has 0 spiro atoms. The Balaban J connectivity index is 0.000000397. The number of carbonyl (C=O) groups excluding carboxylic acids is 1. The number of hydrogen-bond donors (Lipinski definition) is 2. The fourth-order valence-electron chi connectivity index (χ4n) is 1.90. The molecule has 2 N–H and O–H groups in total. The second kappa shape index (κ2) is 9.40. The number of allylic oxidation sites excluding steroid dienone is 3. The van der Waals surface area contributed by atoms with Gasteiger partial charge in [-0.3, -0.25) is 15.9 Å². The molecular weight excluding hydrogens is 490 g/mol. The number of nitrogens with zero attached hydrogens (tertiary/aromatic N) is 1. The average Bonchev–Trinajstić information content (AvgIpc) is 3.32. The molecule has 1 unspecified atom stereocenters. The number of carbonyl (C=O) groups is 1. The summed E-state index contributed by atoms with van der Waals surface area (Å²) in [5.74, 6) is 1.40. The van der Waals surface area contributed by atoms with Crippen molar-refractivity contribution in [3.05, 3.63) is 42.4 Å². The van der Waals surface area contributed by atoms with Crippen LogP contribution in [0.5, 0.6) is 0 Å². The smallest absolute Gasteiger partial charge is 0.428 e. The fraction of sp³-hybridized carbons (Fsp3) is 0.438. The van der Waals surface area contributed by atoms with E-state index >= 15 is 0 Å². The standard InChI is InChI=1S/C13H13N2O.C3H7O.U/c16-13(9-5-6-9)15-12-7-10-3-1-2-4-11(10)8-14-12;1-2-3-4;/h1,3-4,7,9,11H,5-6,8H2,(H,14,15,16);2,4H,3H2,1H3;/q2*-1;+2. The van der Waals surface area contributed by atoms with Gasteiger partial charge in [-0.25, -0.2) is 12.2 Å². The van der Waals surface area contributed by atoms with Gasteiger partial charge in [-0.05, 0) is 24.8 Å². The maximum Gasteiger partial charge on any atom is 2.00 e. The molecule has 5 heteroatoms. The summed E-state index contributed by atoms with van der Waals surface area (Å²) in [6.07, 6.45) is 14.7. The van der Waals surface area contributed by atoms with E-state index in [0.29, 0.717) is 18.3 Å². The molecule has 0 aromatic carbocycles. The van der Waals surface area contributed by atoms with Gasteiger partial charge < -0.3 is 16.8 Å². The summed E-state index contributed by atoms with van der Waals surface area (Å²) in [6, 6.07) is 0. The first-order valence-corrected chi connectivity index (χ1v) is 6.96. The Morgan fingerprint density at radius 3 is 2.90 bits per heavy atom. The molecule has 1 saturated carbocycles. The summed E-state index contributed by atoms with van der Waals surface area (Å²) < 4.78 is 0. The van der Waals surface area contributed by atoms with Gasteiger partial charge in [-0.1, -0.05) is 6.61 Å². The molecule has 1 aliphatic heterocycles. The van der Waals surface area contributed by atoms with E-state index in [1.165, 1.54) is 5.57 Å². The first-order valence-electron chi connectivity index (χ1n) is 6.96. The molecule has 0 saturated heterocycles. The van der Waals surface area contributed by atoms with Crippen molar-refractivity contribution in [1.82, 2.24) is 5.32 Å². The van der Waals surface area contributed by atoms with Gasteiger partial charge in [0.15, 0.2) is 0 Å². The third kappa shape index (κ3) is 5.94. The molecule has 0 radical (unpaired) electrons. The molecule has 110 valence electrons. The van der Waals surface area contributed by atoms with Crippen LogP contribution < -0.4 is 5.32 Å². The van der Waals surface area contributed by atoms with Crippen LogP contribution in [0.1, 0.15) is 19.8 Å². The van der Waals surface area contributed by atoms with Gasteiger partial charge in [0.2, 0.25) is 5.91 Å². The van der Waals surface area contributed by atoms with Gasteiger partial charge in [0, 0.05) is 12.5 Å². The summed E-state index contributed by atoms with van der Waals surface area (Å²) in [6.45, 7) is 2.71. The SMILES string of the molecule is C[CH-]CO.O=C(NC1=NCC2C=[C-]C=CC2=C1)C1CC1.[U+2]. The van der Waals surface area contributed by atoms with Crippen molar-refractivity contribution in [2.45, 2.75) is 19.8 Å². The van der Waals surface area contributed by atoms with E-state index in [-0.39, 0.29) is 49.5 Å². The van der Waals surface area contributed by atoms with Crippen LogP contribution in [0.25, 0.3) is 0 Å². The average molecular weight is 510 g/mol. The van der Waals surface area contributed by atoms with Crippen LogP contribution in [0.2, 0.25) is 0 Å². The first-order chi connectivity index (χ1) is 9.74. The summed E-state index contributed by atoms with van der Waals surface area (Å²) in [4.78, 5) is 15.9. The molecule has 0 aromatic heterocycles. The maximum absolute atomic E-state index is 11.6. The number of nitrogens with one attached hydrogen (secondary N) is 1. The zero-order valence-corrected chi connectivity index (χ0v) is 16.3. The molecule has 1 atom stereocenters. The van der Waals surface area contributed by atoms with Crippen molar-refractivity contribution in [2.75, 3.05) is 13.2 Å². The normalized spacial score (nSPS) is 21.9. The predicted molar refractivity (Wildman–Crippen MR) is 78.8 cm³/mol. The van der Waals surface area contributed by atoms with E-state index < -0.39 is 0 Å². The van der Waals surface area contributed by atoms with E-state index in [9.17, 15) is 4.79 Å². The molecule has 21 heavy (non-hydrogen) atoms. The van der Waals surface area contributed by atoms with Gasteiger partial charge in [-0.2, -0.15) is 13.0 Å². The fourth-order valence-corrected chi connectivity index (χ4v) is 1.90. The largest absolute Gasteiger partial charge is 2.00 e. The maximum atomic E-state index is 11.6. The Morgan fingerprint density at radius 2 is 2.29 bits per heavy atom. The second-order valence-corrected chi connectivity index (χ2v) is 5.00. The van der Waals surface area contributed by atoms with E-state index in [1.807, 2.05) is 24.3 Å². The van der Waals surface area contributed by atoms with Crippen molar-refractivity contribution in [3.8, 4) is 0 Å². The van der Waals surface area contributed by atoms with Crippen LogP contribution in [0.15, 0.2) is 34.9 Å². The van der Waals surface area contributed by atoms with Gasteiger partial charge in [0.05, 0.1) is 0 Å². The number of rotatable bonds is 2. The number of aliphatic imine (C=N–C) groups is 1. The van der Waals surface area contributed by atoms with Crippen molar-refractivity contribution >= 4 is 11.7 Å². The van der Waals surface area contributed by atoms with E-state index in [1.54, 1.807) is 13.3 Å². The predicted octanol–water partition coefficient (Wildman–Crippen LogP) is 1.60. The summed E-state index contributed by atoms with van der Waals surface area (Å²) in [5.41, 5.74) is 1.21. The number of aliphatic hydroxyl groups excluding tert-OH is 1. The van der Waals surface area contributed by atoms with Gasteiger partial charge >= 0.3 is 31.1 Å². The number of amides is 1. The molecule has 4 nitrogen and oxygen atoms in total. The van der Waals surface area contributed by atoms with Gasteiger partial charge in [0.1, 0.15) is 5.84 Å². The quantitative estimate of drug-likeness (QED) is 0.555.